The van der Waals surface area contributed by atoms with Crippen LogP contribution in [0.15, 0.2) is 18.2 Å². The van der Waals surface area contributed by atoms with Crippen LogP contribution in [-0.2, 0) is 0 Å². The fourth-order valence-corrected chi connectivity index (χ4v) is 2.19. The predicted octanol–water partition coefficient (Wildman–Crippen LogP) is 3.71. The van der Waals surface area contributed by atoms with Crippen LogP contribution >= 0.6 is 0 Å². The molecular formula is C14H22FNO. The standard InChI is InChI=1S/C14H22FNO/c1-5-8-16(10(2)3)11(4)13-7-6-12(17)9-14(13)15/h6-7,9-11,17H,5,8H2,1-4H3. The number of hydrogen-bond donors (Lipinski definition) is 1. The Morgan fingerprint density at radius 1 is 1.29 bits per heavy atom. The van der Waals surface area contributed by atoms with Crippen LogP contribution in [0.3, 0.4) is 0 Å². The zero-order valence-corrected chi connectivity index (χ0v) is 11.1. The van der Waals surface area contributed by atoms with Gasteiger partial charge in [0.05, 0.1) is 0 Å². The topological polar surface area (TPSA) is 23.5 Å². The highest BCUT2D eigenvalue weighted by molar-refractivity contribution is 5.29. The third-order valence-electron chi connectivity index (χ3n) is 3.08. The van der Waals surface area contributed by atoms with Gasteiger partial charge in [0.15, 0.2) is 0 Å². The summed E-state index contributed by atoms with van der Waals surface area (Å²) in [5, 5.41) is 9.22. The summed E-state index contributed by atoms with van der Waals surface area (Å²) in [6, 6.07) is 4.78. The van der Waals surface area contributed by atoms with E-state index in [1.807, 2.05) is 6.92 Å². The van der Waals surface area contributed by atoms with E-state index in [-0.39, 0.29) is 17.6 Å². The molecule has 2 nitrogen and oxygen atoms in total. The summed E-state index contributed by atoms with van der Waals surface area (Å²) in [5.41, 5.74) is 0.643. The predicted molar refractivity (Wildman–Crippen MR) is 68.6 cm³/mol. The Morgan fingerprint density at radius 2 is 1.94 bits per heavy atom. The van der Waals surface area contributed by atoms with Crippen LogP contribution in [0.1, 0.15) is 45.7 Å². The Bertz CT molecular complexity index is 365. The average molecular weight is 239 g/mol. The van der Waals surface area contributed by atoms with Gasteiger partial charge in [-0.3, -0.25) is 4.90 Å². The SMILES string of the molecule is CCCN(C(C)C)C(C)c1ccc(O)cc1F. The molecule has 1 aromatic rings. The van der Waals surface area contributed by atoms with Gasteiger partial charge in [0, 0.05) is 23.7 Å². The van der Waals surface area contributed by atoms with Crippen LogP contribution in [0.4, 0.5) is 4.39 Å². The summed E-state index contributed by atoms with van der Waals surface area (Å²) < 4.78 is 13.8. The zero-order chi connectivity index (χ0) is 13.0. The monoisotopic (exact) mass is 239 g/mol. The fraction of sp³-hybridized carbons (Fsp3) is 0.571. The van der Waals surface area contributed by atoms with Gasteiger partial charge in [0.25, 0.3) is 0 Å². The van der Waals surface area contributed by atoms with E-state index >= 15 is 0 Å². The van der Waals surface area contributed by atoms with E-state index in [4.69, 9.17) is 0 Å². The number of nitrogens with zero attached hydrogens (tertiary/aromatic N) is 1. The Labute approximate surface area is 103 Å². The number of aromatic hydroxyl groups is 1. The number of halogens is 1. The molecule has 1 rings (SSSR count). The number of phenols is 1. The number of phenolic OH excluding ortho intramolecular Hbond substituents is 1. The molecule has 17 heavy (non-hydrogen) atoms. The van der Waals surface area contributed by atoms with E-state index in [2.05, 4.69) is 25.7 Å². The molecule has 0 heterocycles. The van der Waals surface area contributed by atoms with E-state index in [0.717, 1.165) is 13.0 Å². The van der Waals surface area contributed by atoms with Crippen LogP contribution in [-0.4, -0.2) is 22.6 Å². The molecule has 0 spiro atoms. The highest BCUT2D eigenvalue weighted by Gasteiger charge is 2.20. The van der Waals surface area contributed by atoms with Crippen molar-refractivity contribution in [1.82, 2.24) is 4.90 Å². The summed E-state index contributed by atoms with van der Waals surface area (Å²) >= 11 is 0. The van der Waals surface area contributed by atoms with Crippen molar-refractivity contribution in [3.63, 3.8) is 0 Å². The Morgan fingerprint density at radius 3 is 2.41 bits per heavy atom. The molecule has 0 bridgehead atoms. The molecule has 0 saturated carbocycles. The fourth-order valence-electron chi connectivity index (χ4n) is 2.19. The van der Waals surface area contributed by atoms with E-state index in [1.54, 1.807) is 12.1 Å². The van der Waals surface area contributed by atoms with Crippen molar-refractivity contribution >= 4 is 0 Å². The number of rotatable bonds is 5. The Kier molecular flexibility index (Phi) is 4.94. The first-order valence-corrected chi connectivity index (χ1v) is 6.21. The van der Waals surface area contributed by atoms with Crippen molar-refractivity contribution in [2.75, 3.05) is 6.54 Å². The second kappa shape index (κ2) is 6.01. The molecule has 0 saturated heterocycles. The van der Waals surface area contributed by atoms with Crippen LogP contribution in [0.5, 0.6) is 5.75 Å². The van der Waals surface area contributed by atoms with Crippen LogP contribution < -0.4 is 0 Å². The first-order valence-electron chi connectivity index (χ1n) is 6.21. The molecule has 1 atom stereocenters. The van der Waals surface area contributed by atoms with Crippen molar-refractivity contribution in [2.24, 2.45) is 0 Å². The third kappa shape index (κ3) is 3.43. The van der Waals surface area contributed by atoms with E-state index in [1.165, 1.54) is 6.07 Å². The highest BCUT2D eigenvalue weighted by atomic mass is 19.1. The minimum Gasteiger partial charge on any atom is -0.508 e. The minimum atomic E-state index is -0.334. The number of benzene rings is 1. The quantitative estimate of drug-likeness (QED) is 0.846. The lowest BCUT2D eigenvalue weighted by molar-refractivity contribution is 0.162. The van der Waals surface area contributed by atoms with Crippen LogP contribution in [0.25, 0.3) is 0 Å². The maximum Gasteiger partial charge on any atom is 0.131 e. The second-order valence-electron chi connectivity index (χ2n) is 4.71. The zero-order valence-electron chi connectivity index (χ0n) is 11.1. The van der Waals surface area contributed by atoms with Crippen molar-refractivity contribution in [3.8, 4) is 5.75 Å². The first-order chi connectivity index (χ1) is 7.97. The molecule has 1 N–H and O–H groups in total. The highest BCUT2D eigenvalue weighted by Crippen LogP contribution is 2.27. The first kappa shape index (κ1) is 14.0. The Hall–Kier alpha value is -1.09. The summed E-state index contributed by atoms with van der Waals surface area (Å²) in [5.74, 6) is -0.357. The van der Waals surface area contributed by atoms with E-state index in [0.29, 0.717) is 11.6 Å². The van der Waals surface area contributed by atoms with Crippen molar-refractivity contribution in [2.45, 2.75) is 46.2 Å². The lowest BCUT2D eigenvalue weighted by Gasteiger charge is -2.32. The third-order valence-corrected chi connectivity index (χ3v) is 3.08. The second-order valence-corrected chi connectivity index (χ2v) is 4.71. The van der Waals surface area contributed by atoms with Gasteiger partial charge in [-0.1, -0.05) is 13.0 Å². The Balaban J connectivity index is 2.96. The molecule has 0 radical (unpaired) electrons. The lowest BCUT2D eigenvalue weighted by Crippen LogP contribution is -2.34. The van der Waals surface area contributed by atoms with E-state index < -0.39 is 0 Å². The van der Waals surface area contributed by atoms with Gasteiger partial charge in [0.1, 0.15) is 11.6 Å². The smallest absolute Gasteiger partial charge is 0.131 e. The molecule has 96 valence electrons. The van der Waals surface area contributed by atoms with Gasteiger partial charge in [-0.25, -0.2) is 4.39 Å². The van der Waals surface area contributed by atoms with Gasteiger partial charge in [-0.2, -0.15) is 0 Å². The molecule has 0 fully saturated rings. The molecule has 1 unspecified atom stereocenters. The molecule has 1 aromatic carbocycles. The summed E-state index contributed by atoms with van der Waals surface area (Å²) in [7, 11) is 0. The summed E-state index contributed by atoms with van der Waals surface area (Å²) in [6.45, 7) is 9.30. The average Bonchev–Trinajstić information content (AvgIpc) is 2.24. The van der Waals surface area contributed by atoms with Crippen LogP contribution in [0.2, 0.25) is 0 Å². The molecule has 0 aromatic heterocycles. The molecule has 0 aliphatic carbocycles. The van der Waals surface area contributed by atoms with Crippen molar-refractivity contribution in [3.05, 3.63) is 29.6 Å². The molecular weight excluding hydrogens is 217 g/mol. The maximum absolute atomic E-state index is 13.8. The number of hydrogen-bond acceptors (Lipinski definition) is 2. The van der Waals surface area contributed by atoms with Gasteiger partial charge in [0.2, 0.25) is 0 Å². The largest absolute Gasteiger partial charge is 0.508 e. The van der Waals surface area contributed by atoms with Crippen molar-refractivity contribution in [1.29, 1.82) is 0 Å². The summed E-state index contributed by atoms with van der Waals surface area (Å²) in [4.78, 5) is 2.26. The normalized spacial score (nSPS) is 13.4. The summed E-state index contributed by atoms with van der Waals surface area (Å²) in [6.07, 6.45) is 1.04. The lowest BCUT2D eigenvalue weighted by atomic mass is 10.0. The minimum absolute atomic E-state index is 0.0231. The molecule has 0 amide bonds. The van der Waals surface area contributed by atoms with Gasteiger partial charge in [-0.05, 0) is 39.8 Å². The van der Waals surface area contributed by atoms with Gasteiger partial charge < -0.3 is 5.11 Å². The van der Waals surface area contributed by atoms with Crippen molar-refractivity contribution < 1.29 is 9.50 Å². The van der Waals surface area contributed by atoms with E-state index in [9.17, 15) is 9.50 Å². The maximum atomic E-state index is 13.8. The molecule has 3 heteroatoms. The van der Waals surface area contributed by atoms with Crippen LogP contribution in [0, 0.1) is 5.82 Å². The van der Waals surface area contributed by atoms with Gasteiger partial charge in [-0.15, -0.1) is 0 Å². The van der Waals surface area contributed by atoms with Gasteiger partial charge >= 0.3 is 0 Å². The molecule has 0 aliphatic heterocycles. The molecule has 0 aliphatic rings.